The first kappa shape index (κ1) is 14.3. The fourth-order valence-corrected chi connectivity index (χ4v) is 2.19. The van der Waals surface area contributed by atoms with Gasteiger partial charge in [0.1, 0.15) is 0 Å². The number of rotatable bonds is 5. The highest BCUT2D eigenvalue weighted by atomic mass is 79.9. The third-order valence-corrected chi connectivity index (χ3v) is 3.44. The Bertz CT molecular complexity index is 665. The van der Waals surface area contributed by atoms with Gasteiger partial charge in [-0.1, -0.05) is 15.9 Å². The van der Waals surface area contributed by atoms with Crippen LogP contribution >= 0.6 is 15.9 Å². The van der Waals surface area contributed by atoms with Crippen LogP contribution in [0.3, 0.4) is 0 Å². The third-order valence-electron chi connectivity index (χ3n) is 2.99. The zero-order chi connectivity index (χ0) is 14.8. The van der Waals surface area contributed by atoms with Crippen LogP contribution in [-0.2, 0) is 6.54 Å². The van der Waals surface area contributed by atoms with E-state index in [9.17, 15) is 8.78 Å². The van der Waals surface area contributed by atoms with Gasteiger partial charge >= 0.3 is 0 Å². The van der Waals surface area contributed by atoms with Gasteiger partial charge in [-0.15, -0.1) is 0 Å². The smallest absolute Gasteiger partial charge is 0.238 e. The minimum Gasteiger partial charge on any atom is -0.434 e. The molecular formula is C14H12BrF2N3O. The summed E-state index contributed by atoms with van der Waals surface area (Å²) in [5.74, 6) is -2.15. The van der Waals surface area contributed by atoms with Crippen molar-refractivity contribution in [1.29, 1.82) is 0 Å². The van der Waals surface area contributed by atoms with Gasteiger partial charge in [0.2, 0.25) is 11.7 Å². The number of hydrogen-bond donors (Lipinski definition) is 1. The quantitative estimate of drug-likeness (QED) is 0.833. The highest BCUT2D eigenvalue weighted by Crippen LogP contribution is 2.28. The normalized spacial score (nSPS) is 14.2. The molecule has 3 rings (SSSR count). The first-order valence-electron chi connectivity index (χ1n) is 6.48. The summed E-state index contributed by atoms with van der Waals surface area (Å²) in [7, 11) is 0. The van der Waals surface area contributed by atoms with E-state index < -0.39 is 11.6 Å². The second kappa shape index (κ2) is 6.03. The van der Waals surface area contributed by atoms with Crippen LogP contribution in [0.15, 0.2) is 29.0 Å². The molecule has 1 aromatic heterocycles. The lowest BCUT2D eigenvalue weighted by atomic mass is 10.3. The SMILES string of the molecule is Fc1cc(Br)cc(Oc2cncc(CNC3CC3)n2)c1F. The highest BCUT2D eigenvalue weighted by molar-refractivity contribution is 9.10. The van der Waals surface area contributed by atoms with E-state index in [1.807, 2.05) is 0 Å². The monoisotopic (exact) mass is 355 g/mol. The van der Waals surface area contributed by atoms with E-state index in [0.29, 0.717) is 22.8 Å². The number of halogens is 3. The van der Waals surface area contributed by atoms with Crippen LogP contribution in [0, 0.1) is 11.6 Å². The Hall–Kier alpha value is -1.60. The van der Waals surface area contributed by atoms with Crippen LogP contribution in [-0.4, -0.2) is 16.0 Å². The predicted octanol–water partition coefficient (Wildman–Crippen LogP) is 3.56. The summed E-state index contributed by atoms with van der Waals surface area (Å²) in [4.78, 5) is 8.21. The molecule has 0 bridgehead atoms. The summed E-state index contributed by atoms with van der Waals surface area (Å²) >= 11 is 3.09. The van der Waals surface area contributed by atoms with E-state index in [4.69, 9.17) is 4.74 Å². The summed E-state index contributed by atoms with van der Waals surface area (Å²) in [6, 6.07) is 2.92. The molecule has 1 aliphatic carbocycles. The number of ether oxygens (including phenoxy) is 1. The van der Waals surface area contributed by atoms with Crippen molar-refractivity contribution in [3.05, 3.63) is 46.3 Å². The van der Waals surface area contributed by atoms with Gasteiger partial charge in [0, 0.05) is 23.3 Å². The molecule has 0 spiro atoms. The molecule has 1 heterocycles. The van der Waals surface area contributed by atoms with Gasteiger partial charge in [-0.3, -0.25) is 4.98 Å². The molecule has 0 unspecified atom stereocenters. The van der Waals surface area contributed by atoms with Crippen molar-refractivity contribution < 1.29 is 13.5 Å². The molecule has 1 fully saturated rings. The Labute approximate surface area is 128 Å². The largest absolute Gasteiger partial charge is 0.434 e. The maximum atomic E-state index is 13.6. The lowest BCUT2D eigenvalue weighted by Crippen LogP contribution is -2.16. The van der Waals surface area contributed by atoms with Gasteiger partial charge in [0.05, 0.1) is 11.9 Å². The Kier molecular flexibility index (Phi) is 4.12. The molecule has 1 saturated carbocycles. The van der Waals surface area contributed by atoms with Gasteiger partial charge in [0.25, 0.3) is 0 Å². The molecule has 1 N–H and O–H groups in total. The van der Waals surface area contributed by atoms with Crippen molar-refractivity contribution in [2.24, 2.45) is 0 Å². The molecule has 2 aromatic rings. The van der Waals surface area contributed by atoms with E-state index in [0.717, 1.165) is 6.07 Å². The van der Waals surface area contributed by atoms with Crippen LogP contribution in [0.4, 0.5) is 8.78 Å². The van der Waals surface area contributed by atoms with Crippen molar-refractivity contribution in [3.63, 3.8) is 0 Å². The van der Waals surface area contributed by atoms with Crippen molar-refractivity contribution in [1.82, 2.24) is 15.3 Å². The van der Waals surface area contributed by atoms with Crippen LogP contribution < -0.4 is 10.1 Å². The van der Waals surface area contributed by atoms with Crippen molar-refractivity contribution >= 4 is 15.9 Å². The number of nitrogens with zero attached hydrogens (tertiary/aromatic N) is 2. The minimum absolute atomic E-state index is 0.126. The average molecular weight is 356 g/mol. The number of nitrogens with one attached hydrogen (secondary N) is 1. The molecule has 0 radical (unpaired) electrons. The zero-order valence-electron chi connectivity index (χ0n) is 10.9. The first-order chi connectivity index (χ1) is 10.1. The molecule has 0 saturated heterocycles. The number of aromatic nitrogens is 2. The van der Waals surface area contributed by atoms with Gasteiger partial charge < -0.3 is 10.1 Å². The average Bonchev–Trinajstić information content (AvgIpc) is 3.27. The predicted molar refractivity (Wildman–Crippen MR) is 76.0 cm³/mol. The number of benzene rings is 1. The maximum absolute atomic E-state index is 13.6. The molecule has 0 atom stereocenters. The molecule has 1 aliphatic rings. The number of hydrogen-bond acceptors (Lipinski definition) is 4. The topological polar surface area (TPSA) is 47.0 Å². The van der Waals surface area contributed by atoms with Crippen molar-refractivity contribution in [3.8, 4) is 11.6 Å². The molecule has 21 heavy (non-hydrogen) atoms. The summed E-state index contributed by atoms with van der Waals surface area (Å²) in [6.45, 7) is 0.574. The van der Waals surface area contributed by atoms with Crippen molar-refractivity contribution in [2.45, 2.75) is 25.4 Å². The van der Waals surface area contributed by atoms with Crippen LogP contribution in [0.5, 0.6) is 11.6 Å². The second-order valence-electron chi connectivity index (χ2n) is 4.81. The Morgan fingerprint density at radius 1 is 1.29 bits per heavy atom. The molecule has 4 nitrogen and oxygen atoms in total. The summed E-state index contributed by atoms with van der Waals surface area (Å²) < 4.78 is 32.6. The van der Waals surface area contributed by atoms with E-state index in [1.165, 1.54) is 25.1 Å². The van der Waals surface area contributed by atoms with Crippen LogP contribution in [0.2, 0.25) is 0 Å². The standard InChI is InChI=1S/C14H12BrF2N3O/c15-8-3-11(16)14(17)12(4-8)21-13-7-18-5-10(20-13)6-19-9-1-2-9/h3-5,7,9,19H,1-2,6H2. The van der Waals surface area contributed by atoms with Gasteiger partial charge in [-0.2, -0.15) is 4.39 Å². The Morgan fingerprint density at radius 2 is 2.10 bits per heavy atom. The lowest BCUT2D eigenvalue weighted by molar-refractivity contribution is 0.401. The molecule has 1 aromatic carbocycles. The van der Waals surface area contributed by atoms with Gasteiger partial charge in [-0.05, 0) is 25.0 Å². The van der Waals surface area contributed by atoms with E-state index in [2.05, 4.69) is 31.2 Å². The molecule has 0 amide bonds. The first-order valence-corrected chi connectivity index (χ1v) is 7.28. The maximum Gasteiger partial charge on any atom is 0.238 e. The fraction of sp³-hybridized carbons (Fsp3) is 0.286. The van der Waals surface area contributed by atoms with Crippen LogP contribution in [0.25, 0.3) is 0 Å². The van der Waals surface area contributed by atoms with Gasteiger partial charge in [-0.25, -0.2) is 9.37 Å². The summed E-state index contributed by atoms with van der Waals surface area (Å²) in [5.41, 5.74) is 0.690. The second-order valence-corrected chi connectivity index (χ2v) is 5.72. The highest BCUT2D eigenvalue weighted by Gasteiger charge is 2.20. The lowest BCUT2D eigenvalue weighted by Gasteiger charge is -2.08. The summed E-state index contributed by atoms with van der Waals surface area (Å²) in [6.07, 6.45) is 5.32. The molecule has 7 heteroatoms. The molecular weight excluding hydrogens is 344 g/mol. The zero-order valence-corrected chi connectivity index (χ0v) is 12.5. The van der Waals surface area contributed by atoms with Crippen molar-refractivity contribution in [2.75, 3.05) is 0 Å². The minimum atomic E-state index is -1.05. The molecule has 0 aliphatic heterocycles. The fourth-order valence-electron chi connectivity index (χ4n) is 1.78. The van der Waals surface area contributed by atoms with Gasteiger partial charge in [0.15, 0.2) is 11.6 Å². The summed E-state index contributed by atoms with van der Waals surface area (Å²) in [5, 5.41) is 3.29. The Morgan fingerprint density at radius 3 is 2.86 bits per heavy atom. The molecule has 110 valence electrons. The Balaban J connectivity index is 1.76. The van der Waals surface area contributed by atoms with E-state index >= 15 is 0 Å². The third kappa shape index (κ3) is 3.74. The van der Waals surface area contributed by atoms with E-state index in [1.54, 1.807) is 6.20 Å². The van der Waals surface area contributed by atoms with E-state index in [-0.39, 0.29) is 11.6 Å². The van der Waals surface area contributed by atoms with Crippen LogP contribution in [0.1, 0.15) is 18.5 Å².